The van der Waals surface area contributed by atoms with Crippen LogP contribution in [0.4, 0.5) is 14.5 Å². The number of aryl methyl sites for hydroxylation is 2. The standard InChI is InChI=1S/C23H26F2N2O2/c1-4-27(19-12-15(2)11-16(3)13-19)22(28)17-7-9-26(10-8-17)23(29)20-6-5-18(24)14-21(20)25/h5-6,11-14,17H,4,7-10H2,1-3H3. The van der Waals surface area contributed by atoms with Crippen molar-refractivity contribution >= 4 is 17.5 Å². The number of piperidine rings is 1. The minimum Gasteiger partial charge on any atom is -0.339 e. The molecule has 1 aliphatic rings. The van der Waals surface area contributed by atoms with Crippen molar-refractivity contribution in [3.8, 4) is 0 Å². The van der Waals surface area contributed by atoms with Crippen LogP contribution in [0.1, 0.15) is 41.3 Å². The van der Waals surface area contributed by atoms with Gasteiger partial charge in [0, 0.05) is 37.3 Å². The molecule has 1 aliphatic heterocycles. The highest BCUT2D eigenvalue weighted by Gasteiger charge is 2.31. The summed E-state index contributed by atoms with van der Waals surface area (Å²) < 4.78 is 27.0. The van der Waals surface area contributed by atoms with Crippen LogP contribution in [0.2, 0.25) is 0 Å². The summed E-state index contributed by atoms with van der Waals surface area (Å²) >= 11 is 0. The average molecular weight is 400 g/mol. The van der Waals surface area contributed by atoms with E-state index in [-0.39, 0.29) is 17.4 Å². The Hall–Kier alpha value is -2.76. The van der Waals surface area contributed by atoms with Crippen LogP contribution in [0.3, 0.4) is 0 Å². The summed E-state index contributed by atoms with van der Waals surface area (Å²) in [5.74, 6) is -2.17. The Morgan fingerprint density at radius 3 is 2.21 bits per heavy atom. The van der Waals surface area contributed by atoms with Crippen molar-refractivity contribution in [2.45, 2.75) is 33.6 Å². The van der Waals surface area contributed by atoms with Gasteiger partial charge in [-0.15, -0.1) is 0 Å². The molecule has 29 heavy (non-hydrogen) atoms. The van der Waals surface area contributed by atoms with Gasteiger partial charge in [0.1, 0.15) is 11.6 Å². The van der Waals surface area contributed by atoms with Crippen LogP contribution in [0.5, 0.6) is 0 Å². The number of likely N-dealkylation sites (tertiary alicyclic amines) is 1. The molecular weight excluding hydrogens is 374 g/mol. The Morgan fingerprint density at radius 2 is 1.66 bits per heavy atom. The maximum Gasteiger partial charge on any atom is 0.256 e. The van der Waals surface area contributed by atoms with Crippen molar-refractivity contribution in [1.29, 1.82) is 0 Å². The fourth-order valence-electron chi connectivity index (χ4n) is 3.96. The normalized spacial score (nSPS) is 14.7. The van der Waals surface area contributed by atoms with Gasteiger partial charge in [-0.3, -0.25) is 9.59 Å². The number of amides is 2. The van der Waals surface area contributed by atoms with Crippen LogP contribution < -0.4 is 4.90 Å². The minimum atomic E-state index is -0.861. The molecule has 1 saturated heterocycles. The lowest BCUT2D eigenvalue weighted by Crippen LogP contribution is -2.44. The van der Waals surface area contributed by atoms with Crippen LogP contribution in [0.25, 0.3) is 0 Å². The molecule has 0 radical (unpaired) electrons. The predicted octanol–water partition coefficient (Wildman–Crippen LogP) is 4.49. The average Bonchev–Trinajstić information content (AvgIpc) is 2.67. The topological polar surface area (TPSA) is 40.6 Å². The number of nitrogens with zero attached hydrogens (tertiary/aromatic N) is 2. The van der Waals surface area contributed by atoms with Crippen molar-refractivity contribution < 1.29 is 18.4 Å². The molecule has 1 heterocycles. The monoisotopic (exact) mass is 400 g/mol. The van der Waals surface area contributed by atoms with Crippen LogP contribution in [-0.2, 0) is 4.79 Å². The first-order valence-corrected chi connectivity index (χ1v) is 9.94. The first-order chi connectivity index (χ1) is 13.8. The van der Waals surface area contributed by atoms with E-state index in [1.165, 1.54) is 11.0 Å². The molecule has 0 saturated carbocycles. The maximum absolute atomic E-state index is 13.9. The number of carbonyl (C=O) groups excluding carboxylic acids is 2. The Labute approximate surface area is 170 Å². The fourth-order valence-corrected chi connectivity index (χ4v) is 3.96. The lowest BCUT2D eigenvalue weighted by Gasteiger charge is -2.34. The van der Waals surface area contributed by atoms with E-state index in [1.54, 1.807) is 4.90 Å². The van der Waals surface area contributed by atoms with Crippen molar-refractivity contribution in [2.75, 3.05) is 24.5 Å². The van der Waals surface area contributed by atoms with Crippen molar-refractivity contribution in [3.05, 3.63) is 64.7 Å². The minimum absolute atomic E-state index is 0.0533. The molecule has 0 unspecified atom stereocenters. The molecule has 6 heteroatoms. The molecular formula is C23H26F2N2O2. The van der Waals surface area contributed by atoms with Crippen molar-refractivity contribution in [3.63, 3.8) is 0 Å². The van der Waals surface area contributed by atoms with Crippen LogP contribution >= 0.6 is 0 Å². The fraction of sp³-hybridized carbons (Fsp3) is 0.391. The number of benzene rings is 2. The van der Waals surface area contributed by atoms with E-state index in [1.807, 2.05) is 32.9 Å². The molecule has 2 aromatic carbocycles. The quantitative estimate of drug-likeness (QED) is 0.759. The highest BCUT2D eigenvalue weighted by atomic mass is 19.1. The molecule has 2 aromatic rings. The molecule has 4 nitrogen and oxygen atoms in total. The van der Waals surface area contributed by atoms with Gasteiger partial charge in [-0.2, -0.15) is 0 Å². The maximum atomic E-state index is 13.9. The highest BCUT2D eigenvalue weighted by molar-refractivity contribution is 5.96. The Kier molecular flexibility index (Phi) is 6.30. The molecule has 3 rings (SSSR count). The third-order valence-electron chi connectivity index (χ3n) is 5.39. The van der Waals surface area contributed by atoms with Gasteiger partial charge >= 0.3 is 0 Å². The third-order valence-corrected chi connectivity index (χ3v) is 5.39. The van der Waals surface area contributed by atoms with Gasteiger partial charge in [0.05, 0.1) is 5.56 Å². The Balaban J connectivity index is 1.67. The number of hydrogen-bond donors (Lipinski definition) is 0. The highest BCUT2D eigenvalue weighted by Crippen LogP contribution is 2.26. The van der Waals surface area contributed by atoms with Gasteiger partial charge in [-0.05, 0) is 69.0 Å². The van der Waals surface area contributed by atoms with Gasteiger partial charge < -0.3 is 9.80 Å². The summed E-state index contributed by atoms with van der Waals surface area (Å²) in [4.78, 5) is 29.0. The number of rotatable bonds is 4. The van der Waals surface area contributed by atoms with Crippen molar-refractivity contribution in [2.24, 2.45) is 5.92 Å². The van der Waals surface area contributed by atoms with Crippen LogP contribution in [0.15, 0.2) is 36.4 Å². The molecule has 2 amide bonds. The number of hydrogen-bond acceptors (Lipinski definition) is 2. The third kappa shape index (κ3) is 4.63. The second-order valence-electron chi connectivity index (χ2n) is 7.62. The van der Waals surface area contributed by atoms with Crippen LogP contribution in [0, 0.1) is 31.4 Å². The zero-order valence-electron chi connectivity index (χ0n) is 17.0. The summed E-state index contributed by atoms with van der Waals surface area (Å²) in [5, 5.41) is 0. The lowest BCUT2D eigenvalue weighted by molar-refractivity contribution is -0.123. The molecule has 0 N–H and O–H groups in total. The first-order valence-electron chi connectivity index (χ1n) is 9.94. The lowest BCUT2D eigenvalue weighted by atomic mass is 9.94. The number of carbonyl (C=O) groups is 2. The van der Waals surface area contributed by atoms with Gasteiger partial charge in [0.2, 0.25) is 5.91 Å². The molecule has 0 bridgehead atoms. The summed E-state index contributed by atoms with van der Waals surface area (Å²) in [7, 11) is 0. The first kappa shape index (κ1) is 21.0. The van der Waals surface area contributed by atoms with Gasteiger partial charge in [0.15, 0.2) is 0 Å². The van der Waals surface area contributed by atoms with E-state index in [2.05, 4.69) is 6.07 Å². The zero-order chi connectivity index (χ0) is 21.1. The van der Waals surface area contributed by atoms with E-state index in [4.69, 9.17) is 0 Å². The second kappa shape index (κ2) is 8.72. The van der Waals surface area contributed by atoms with Crippen molar-refractivity contribution in [1.82, 2.24) is 4.90 Å². The second-order valence-corrected chi connectivity index (χ2v) is 7.62. The Bertz CT molecular complexity index is 901. The Morgan fingerprint density at radius 1 is 1.03 bits per heavy atom. The molecule has 0 spiro atoms. The van der Waals surface area contributed by atoms with Gasteiger partial charge in [0.25, 0.3) is 5.91 Å². The number of anilines is 1. The van der Waals surface area contributed by atoms with Gasteiger partial charge in [-0.1, -0.05) is 6.07 Å². The number of halogens is 2. The van der Waals surface area contributed by atoms with E-state index >= 15 is 0 Å². The summed E-state index contributed by atoms with van der Waals surface area (Å²) in [6.07, 6.45) is 1.05. The molecule has 0 atom stereocenters. The molecule has 1 fully saturated rings. The van der Waals surface area contributed by atoms with E-state index < -0.39 is 17.5 Å². The summed E-state index contributed by atoms with van der Waals surface area (Å²) in [5.41, 5.74) is 2.96. The largest absolute Gasteiger partial charge is 0.339 e. The smallest absolute Gasteiger partial charge is 0.256 e. The van der Waals surface area contributed by atoms with E-state index in [0.717, 1.165) is 22.9 Å². The summed E-state index contributed by atoms with van der Waals surface area (Å²) in [6.45, 7) is 7.28. The van der Waals surface area contributed by atoms with E-state index in [9.17, 15) is 18.4 Å². The molecule has 154 valence electrons. The molecule has 0 aromatic heterocycles. The van der Waals surface area contributed by atoms with E-state index in [0.29, 0.717) is 38.5 Å². The zero-order valence-corrected chi connectivity index (χ0v) is 17.0. The molecule has 0 aliphatic carbocycles. The SMILES string of the molecule is CCN(C(=O)C1CCN(C(=O)c2ccc(F)cc2F)CC1)c1cc(C)cc(C)c1. The van der Waals surface area contributed by atoms with Gasteiger partial charge in [-0.25, -0.2) is 8.78 Å². The summed E-state index contributed by atoms with van der Waals surface area (Å²) in [6, 6.07) is 9.04. The predicted molar refractivity (Wildman–Crippen MR) is 109 cm³/mol. The van der Waals surface area contributed by atoms with Crippen LogP contribution in [-0.4, -0.2) is 36.3 Å².